The van der Waals surface area contributed by atoms with Crippen molar-refractivity contribution in [3.05, 3.63) is 70.4 Å². The number of hydrazone groups is 1. The lowest BCUT2D eigenvalue weighted by atomic mass is 10.1. The Kier molecular flexibility index (Phi) is 5.47. The third-order valence-electron chi connectivity index (χ3n) is 3.92. The van der Waals surface area contributed by atoms with Gasteiger partial charge in [0.1, 0.15) is 5.15 Å². The molecule has 1 heterocycles. The molecule has 2 amide bonds. The predicted molar refractivity (Wildman–Crippen MR) is 107 cm³/mol. The van der Waals surface area contributed by atoms with E-state index in [-0.39, 0.29) is 5.15 Å². The number of pyridine rings is 1. The van der Waals surface area contributed by atoms with Crippen LogP contribution in [0.15, 0.2) is 53.6 Å². The number of para-hydroxylation sites is 1. The number of fused-ring (bicyclic) bond motifs is 1. The topological polar surface area (TPSA) is 83.5 Å². The fourth-order valence-corrected chi connectivity index (χ4v) is 2.66. The van der Waals surface area contributed by atoms with Crippen LogP contribution in [-0.4, -0.2) is 23.0 Å². The molecule has 0 aliphatic carbocycles. The van der Waals surface area contributed by atoms with Crippen molar-refractivity contribution < 1.29 is 9.59 Å². The van der Waals surface area contributed by atoms with Crippen molar-refractivity contribution in [1.82, 2.24) is 10.4 Å². The van der Waals surface area contributed by atoms with Crippen molar-refractivity contribution >= 4 is 46.2 Å². The van der Waals surface area contributed by atoms with Crippen LogP contribution in [0.2, 0.25) is 5.15 Å². The zero-order valence-corrected chi connectivity index (χ0v) is 15.5. The summed E-state index contributed by atoms with van der Waals surface area (Å²) in [4.78, 5) is 28.2. The zero-order chi connectivity index (χ0) is 19.4. The van der Waals surface area contributed by atoms with E-state index in [2.05, 4.69) is 20.8 Å². The maximum atomic E-state index is 11.9. The van der Waals surface area contributed by atoms with Crippen molar-refractivity contribution in [1.29, 1.82) is 0 Å². The molecule has 3 aromatic rings. The molecule has 7 heteroatoms. The molecule has 0 radical (unpaired) electrons. The van der Waals surface area contributed by atoms with Gasteiger partial charge >= 0.3 is 11.8 Å². The molecule has 3 rings (SSSR count). The minimum atomic E-state index is -0.880. The highest BCUT2D eigenvalue weighted by Crippen LogP contribution is 2.20. The summed E-state index contributed by atoms with van der Waals surface area (Å²) in [5.41, 5.74) is 6.00. The van der Waals surface area contributed by atoms with E-state index in [1.165, 1.54) is 6.21 Å². The molecule has 0 saturated carbocycles. The van der Waals surface area contributed by atoms with Crippen LogP contribution in [0.1, 0.15) is 16.7 Å². The number of nitrogens with one attached hydrogen (secondary N) is 2. The summed E-state index contributed by atoms with van der Waals surface area (Å²) in [6.07, 6.45) is 1.35. The summed E-state index contributed by atoms with van der Waals surface area (Å²) in [5, 5.41) is 7.50. The lowest BCUT2D eigenvalue weighted by molar-refractivity contribution is -0.136. The average molecular weight is 381 g/mol. The van der Waals surface area contributed by atoms with Gasteiger partial charge in [-0.25, -0.2) is 10.4 Å². The number of carbonyl (C=O) groups is 2. The lowest BCUT2D eigenvalue weighted by Gasteiger charge is -2.06. The first-order chi connectivity index (χ1) is 12.9. The van der Waals surface area contributed by atoms with E-state index in [0.29, 0.717) is 11.3 Å². The van der Waals surface area contributed by atoms with Crippen molar-refractivity contribution in [2.24, 2.45) is 5.10 Å². The summed E-state index contributed by atoms with van der Waals surface area (Å²) in [5.74, 6) is -1.69. The average Bonchev–Trinajstić information content (AvgIpc) is 2.64. The van der Waals surface area contributed by atoms with E-state index in [4.69, 9.17) is 11.6 Å². The van der Waals surface area contributed by atoms with Gasteiger partial charge in [-0.05, 0) is 43.2 Å². The number of anilines is 1. The van der Waals surface area contributed by atoms with Crippen LogP contribution in [-0.2, 0) is 9.59 Å². The molecular formula is C20H17ClN4O2. The highest BCUT2D eigenvalue weighted by atomic mass is 35.5. The van der Waals surface area contributed by atoms with Gasteiger partial charge in [0.05, 0.1) is 11.7 Å². The Morgan fingerprint density at radius 1 is 1.07 bits per heavy atom. The van der Waals surface area contributed by atoms with E-state index in [9.17, 15) is 9.59 Å². The summed E-state index contributed by atoms with van der Waals surface area (Å²) in [6.45, 7) is 3.81. The Hall–Kier alpha value is -3.25. The Labute approximate surface area is 161 Å². The number of carbonyl (C=O) groups excluding carboxylic acids is 2. The van der Waals surface area contributed by atoms with E-state index < -0.39 is 11.8 Å². The Balaban J connectivity index is 1.68. The van der Waals surface area contributed by atoms with Gasteiger partial charge in [-0.15, -0.1) is 0 Å². The number of amides is 2. The number of benzene rings is 2. The monoisotopic (exact) mass is 380 g/mol. The minimum Gasteiger partial charge on any atom is -0.317 e. The van der Waals surface area contributed by atoms with Crippen molar-refractivity contribution in [2.75, 3.05) is 5.32 Å². The molecule has 0 atom stereocenters. The van der Waals surface area contributed by atoms with Gasteiger partial charge in [-0.1, -0.05) is 41.9 Å². The minimum absolute atomic E-state index is 0.260. The Bertz CT molecular complexity index is 1060. The van der Waals surface area contributed by atoms with E-state index in [1.807, 2.05) is 50.2 Å². The van der Waals surface area contributed by atoms with E-state index in [1.54, 1.807) is 12.1 Å². The molecule has 0 spiro atoms. The van der Waals surface area contributed by atoms with Gasteiger partial charge in [0.2, 0.25) is 0 Å². The second-order valence-corrected chi connectivity index (χ2v) is 6.39. The quantitative estimate of drug-likeness (QED) is 0.315. The molecule has 2 aromatic carbocycles. The molecule has 6 nitrogen and oxygen atoms in total. The first-order valence-corrected chi connectivity index (χ1v) is 8.59. The summed E-state index contributed by atoms with van der Waals surface area (Å²) in [6, 6.07) is 14.8. The molecule has 0 aliphatic heterocycles. The molecule has 0 fully saturated rings. The number of halogens is 1. The van der Waals surface area contributed by atoms with Crippen molar-refractivity contribution in [3.63, 3.8) is 0 Å². The molecular weight excluding hydrogens is 364 g/mol. The number of hydrogen-bond donors (Lipinski definition) is 2. The fourth-order valence-electron chi connectivity index (χ4n) is 2.46. The largest absolute Gasteiger partial charge is 0.329 e. The second kappa shape index (κ2) is 7.97. The Morgan fingerprint density at radius 2 is 1.85 bits per heavy atom. The van der Waals surface area contributed by atoms with E-state index >= 15 is 0 Å². The van der Waals surface area contributed by atoms with Crippen LogP contribution in [0.4, 0.5) is 5.69 Å². The first kappa shape index (κ1) is 18.5. The number of hydrogen-bond acceptors (Lipinski definition) is 4. The number of aryl methyl sites for hydroxylation is 2. The maximum absolute atomic E-state index is 11.9. The molecule has 27 heavy (non-hydrogen) atoms. The second-order valence-electron chi connectivity index (χ2n) is 6.03. The van der Waals surface area contributed by atoms with Crippen molar-refractivity contribution in [2.45, 2.75) is 13.8 Å². The van der Waals surface area contributed by atoms with Crippen LogP contribution in [0, 0.1) is 13.8 Å². The Morgan fingerprint density at radius 3 is 2.63 bits per heavy atom. The van der Waals surface area contributed by atoms with Crippen LogP contribution in [0.25, 0.3) is 10.9 Å². The summed E-state index contributed by atoms with van der Waals surface area (Å²) >= 11 is 6.16. The molecule has 0 aliphatic rings. The lowest BCUT2D eigenvalue weighted by Crippen LogP contribution is -2.32. The number of aromatic nitrogens is 1. The molecule has 0 unspecified atom stereocenters. The third kappa shape index (κ3) is 4.48. The first-order valence-electron chi connectivity index (χ1n) is 8.21. The van der Waals surface area contributed by atoms with E-state index in [0.717, 1.165) is 22.0 Å². The normalized spacial score (nSPS) is 10.9. The van der Waals surface area contributed by atoms with Crippen LogP contribution >= 0.6 is 11.6 Å². The standard InChI is InChI=1S/C20H17ClN4O2/c1-12-7-8-14-10-15(18(21)23-17(14)9-12)11-22-25-20(27)19(26)24-16-6-4-3-5-13(16)2/h3-11H,1-2H3,(H,24,26)(H,25,27)/b22-11-. The predicted octanol–water partition coefficient (Wildman–Crippen LogP) is 3.59. The van der Waals surface area contributed by atoms with Crippen LogP contribution < -0.4 is 10.7 Å². The SMILES string of the molecule is Cc1ccc2cc(/C=N\NC(=O)C(=O)Nc3ccccc3C)c(Cl)nc2c1. The number of rotatable bonds is 3. The zero-order valence-electron chi connectivity index (χ0n) is 14.8. The van der Waals surface area contributed by atoms with Crippen LogP contribution in [0.5, 0.6) is 0 Å². The van der Waals surface area contributed by atoms with Gasteiger partial charge in [0.25, 0.3) is 0 Å². The molecule has 0 bridgehead atoms. The van der Waals surface area contributed by atoms with Crippen LogP contribution in [0.3, 0.4) is 0 Å². The molecule has 0 saturated heterocycles. The van der Waals surface area contributed by atoms with Gasteiger partial charge < -0.3 is 5.32 Å². The smallest absolute Gasteiger partial charge is 0.317 e. The highest BCUT2D eigenvalue weighted by Gasteiger charge is 2.13. The molecule has 1 aromatic heterocycles. The fraction of sp³-hybridized carbons (Fsp3) is 0.100. The summed E-state index contributed by atoms with van der Waals surface area (Å²) in [7, 11) is 0. The van der Waals surface area contributed by atoms with Gasteiger partial charge in [-0.2, -0.15) is 5.10 Å². The third-order valence-corrected chi connectivity index (χ3v) is 4.23. The molecule has 2 N–H and O–H groups in total. The number of nitrogens with zero attached hydrogens (tertiary/aromatic N) is 2. The highest BCUT2D eigenvalue weighted by molar-refractivity contribution is 6.39. The molecule has 136 valence electrons. The summed E-state index contributed by atoms with van der Waals surface area (Å²) < 4.78 is 0. The van der Waals surface area contributed by atoms with Gasteiger partial charge in [0, 0.05) is 16.6 Å². The van der Waals surface area contributed by atoms with Gasteiger partial charge in [-0.3, -0.25) is 9.59 Å². The maximum Gasteiger partial charge on any atom is 0.329 e. The van der Waals surface area contributed by atoms with Gasteiger partial charge in [0.15, 0.2) is 0 Å². The van der Waals surface area contributed by atoms with Crippen molar-refractivity contribution in [3.8, 4) is 0 Å².